The van der Waals surface area contributed by atoms with Crippen molar-refractivity contribution in [3.05, 3.63) is 89.6 Å². The fourth-order valence-electron chi connectivity index (χ4n) is 4.11. The van der Waals surface area contributed by atoms with Gasteiger partial charge in [0.05, 0.1) is 31.9 Å². The highest BCUT2D eigenvalue weighted by Crippen LogP contribution is 2.34. The zero-order valence-corrected chi connectivity index (χ0v) is 19.4. The van der Waals surface area contributed by atoms with E-state index in [1.54, 1.807) is 24.0 Å². The molecule has 0 saturated heterocycles. The van der Waals surface area contributed by atoms with E-state index >= 15 is 0 Å². The largest absolute Gasteiger partial charge is 0.496 e. The lowest BCUT2D eigenvalue weighted by Crippen LogP contribution is -1.98. The number of imidazole rings is 1. The second-order valence-electron chi connectivity index (χ2n) is 8.18. The number of nitrogens with zero attached hydrogens (tertiary/aromatic N) is 5. The van der Waals surface area contributed by atoms with Crippen LogP contribution < -0.4 is 9.47 Å². The first kappa shape index (κ1) is 21.6. The molecular formula is C26H24FN5O2. The van der Waals surface area contributed by atoms with E-state index in [0.29, 0.717) is 23.6 Å². The lowest BCUT2D eigenvalue weighted by Gasteiger charge is -2.10. The van der Waals surface area contributed by atoms with Gasteiger partial charge in [0.1, 0.15) is 17.3 Å². The highest BCUT2D eigenvalue weighted by Gasteiger charge is 2.16. The number of halogens is 1. The third-order valence-electron chi connectivity index (χ3n) is 5.66. The van der Waals surface area contributed by atoms with Gasteiger partial charge in [-0.25, -0.2) is 18.9 Å². The number of fused-ring (bicyclic) bond motifs is 1. The third kappa shape index (κ3) is 3.98. The van der Waals surface area contributed by atoms with Crippen LogP contribution in [0, 0.1) is 19.7 Å². The number of methoxy groups -OCH3 is 2. The maximum absolute atomic E-state index is 13.8. The van der Waals surface area contributed by atoms with Gasteiger partial charge in [-0.05, 0) is 55.3 Å². The van der Waals surface area contributed by atoms with Crippen LogP contribution >= 0.6 is 0 Å². The van der Waals surface area contributed by atoms with Crippen molar-refractivity contribution < 1.29 is 13.9 Å². The summed E-state index contributed by atoms with van der Waals surface area (Å²) in [5.74, 6) is 1.51. The van der Waals surface area contributed by atoms with E-state index in [2.05, 4.69) is 4.98 Å². The van der Waals surface area contributed by atoms with Crippen LogP contribution in [0.15, 0.2) is 61.2 Å². The molecule has 172 valence electrons. The molecule has 0 atom stereocenters. The zero-order chi connectivity index (χ0) is 23.8. The Bertz CT molecular complexity index is 1500. The first-order chi connectivity index (χ1) is 16.4. The van der Waals surface area contributed by atoms with Crippen LogP contribution in [0.2, 0.25) is 0 Å². The van der Waals surface area contributed by atoms with Crippen molar-refractivity contribution in [3.8, 4) is 28.3 Å². The fourth-order valence-corrected chi connectivity index (χ4v) is 4.11. The molecule has 0 amide bonds. The Morgan fingerprint density at radius 2 is 1.74 bits per heavy atom. The van der Waals surface area contributed by atoms with E-state index in [1.807, 2.05) is 55.1 Å². The predicted molar refractivity (Wildman–Crippen MR) is 127 cm³/mol. The molecule has 0 saturated carbocycles. The van der Waals surface area contributed by atoms with Crippen molar-refractivity contribution in [1.29, 1.82) is 0 Å². The number of hydrogen-bond acceptors (Lipinski definition) is 5. The summed E-state index contributed by atoms with van der Waals surface area (Å²) in [6.07, 6.45) is 6.18. The van der Waals surface area contributed by atoms with E-state index in [1.165, 1.54) is 19.2 Å². The van der Waals surface area contributed by atoms with E-state index < -0.39 is 0 Å². The summed E-state index contributed by atoms with van der Waals surface area (Å²) in [4.78, 5) is 9.10. The Hall–Kier alpha value is -4.20. The smallest absolute Gasteiger partial charge is 0.163 e. The number of rotatable bonds is 6. The summed E-state index contributed by atoms with van der Waals surface area (Å²) in [5.41, 5.74) is 6.15. The normalized spacial score (nSPS) is 11.2. The average molecular weight is 458 g/mol. The van der Waals surface area contributed by atoms with Crippen molar-refractivity contribution in [3.63, 3.8) is 0 Å². The molecule has 2 aromatic carbocycles. The molecule has 7 nitrogen and oxygen atoms in total. The Morgan fingerprint density at radius 3 is 2.47 bits per heavy atom. The molecule has 0 N–H and O–H groups in total. The summed E-state index contributed by atoms with van der Waals surface area (Å²) in [5, 5.41) is 4.70. The predicted octanol–water partition coefficient (Wildman–Crippen LogP) is 4.95. The summed E-state index contributed by atoms with van der Waals surface area (Å²) < 4.78 is 28.5. The van der Waals surface area contributed by atoms with Crippen LogP contribution in [0.5, 0.6) is 11.5 Å². The summed E-state index contributed by atoms with van der Waals surface area (Å²) >= 11 is 0. The van der Waals surface area contributed by atoms with Gasteiger partial charge in [0.15, 0.2) is 11.5 Å². The second-order valence-corrected chi connectivity index (χ2v) is 8.18. The molecule has 0 aliphatic heterocycles. The summed E-state index contributed by atoms with van der Waals surface area (Å²) in [6.45, 7) is 3.94. The maximum atomic E-state index is 13.8. The third-order valence-corrected chi connectivity index (χ3v) is 5.66. The molecular weight excluding hydrogens is 433 g/mol. The van der Waals surface area contributed by atoms with Crippen LogP contribution in [0.25, 0.3) is 22.5 Å². The first-order valence-electron chi connectivity index (χ1n) is 10.8. The zero-order valence-electron chi connectivity index (χ0n) is 19.4. The fraction of sp³-hybridized carbons (Fsp3) is 0.192. The molecule has 34 heavy (non-hydrogen) atoms. The van der Waals surface area contributed by atoms with Gasteiger partial charge in [-0.3, -0.25) is 0 Å². The maximum Gasteiger partial charge on any atom is 0.163 e. The number of hydrogen-bond donors (Lipinski definition) is 0. The monoisotopic (exact) mass is 457 g/mol. The number of aromatic nitrogens is 5. The molecule has 0 unspecified atom stereocenters. The first-order valence-corrected chi connectivity index (χ1v) is 10.8. The highest BCUT2D eigenvalue weighted by atomic mass is 19.1. The molecule has 0 fully saturated rings. The Kier molecular flexibility index (Phi) is 5.49. The molecule has 5 rings (SSSR count). The summed E-state index contributed by atoms with van der Waals surface area (Å²) in [7, 11) is 3.18. The summed E-state index contributed by atoms with van der Waals surface area (Å²) in [6, 6.07) is 12.5. The molecule has 0 aliphatic carbocycles. The van der Waals surface area contributed by atoms with Crippen molar-refractivity contribution in [2.24, 2.45) is 0 Å². The quantitative estimate of drug-likeness (QED) is 0.361. The minimum absolute atomic E-state index is 0.352. The Labute approximate surface area is 196 Å². The molecule has 3 aromatic heterocycles. The van der Waals surface area contributed by atoms with Gasteiger partial charge in [0.2, 0.25) is 0 Å². The van der Waals surface area contributed by atoms with Gasteiger partial charge in [0, 0.05) is 36.0 Å². The van der Waals surface area contributed by atoms with Crippen LogP contribution in [-0.4, -0.2) is 38.4 Å². The van der Waals surface area contributed by atoms with Crippen molar-refractivity contribution in [2.75, 3.05) is 14.2 Å². The SMILES string of the molecule is COc1cc(F)ccc1-c1cc(C)cn2nc(Cc3ccc(-n4cnc(C)c4)c(OC)c3)nc12. The molecule has 0 spiro atoms. The van der Waals surface area contributed by atoms with Gasteiger partial charge in [-0.1, -0.05) is 6.07 Å². The van der Waals surface area contributed by atoms with Crippen molar-refractivity contribution in [2.45, 2.75) is 20.3 Å². The topological polar surface area (TPSA) is 66.5 Å². The van der Waals surface area contributed by atoms with Gasteiger partial charge in [-0.15, -0.1) is 0 Å². The van der Waals surface area contributed by atoms with Crippen molar-refractivity contribution in [1.82, 2.24) is 24.1 Å². The molecule has 0 bridgehead atoms. The average Bonchev–Trinajstić information content (AvgIpc) is 3.43. The van der Waals surface area contributed by atoms with Crippen LogP contribution in [0.3, 0.4) is 0 Å². The Morgan fingerprint density at radius 1 is 0.912 bits per heavy atom. The molecule has 8 heteroatoms. The van der Waals surface area contributed by atoms with Crippen LogP contribution in [0.1, 0.15) is 22.6 Å². The van der Waals surface area contributed by atoms with E-state index in [9.17, 15) is 4.39 Å². The van der Waals surface area contributed by atoms with Gasteiger partial charge in [-0.2, -0.15) is 5.10 Å². The van der Waals surface area contributed by atoms with Crippen LogP contribution in [0.4, 0.5) is 4.39 Å². The minimum atomic E-state index is -0.352. The molecule has 3 heterocycles. The minimum Gasteiger partial charge on any atom is -0.496 e. The van der Waals surface area contributed by atoms with Crippen LogP contribution in [-0.2, 0) is 6.42 Å². The standard InChI is InChI=1S/C26H24FN5O2/c1-16-9-21(20-7-6-19(27)12-23(20)33-3)26-29-25(30-32(26)13-16)11-18-5-8-22(24(10-18)34-4)31-14-17(2)28-15-31/h5-10,12-15H,11H2,1-4H3. The number of benzene rings is 2. The molecule has 5 aromatic rings. The van der Waals surface area contributed by atoms with E-state index in [0.717, 1.165) is 39.4 Å². The number of ether oxygens (including phenoxy) is 2. The lowest BCUT2D eigenvalue weighted by atomic mass is 10.0. The number of pyridine rings is 1. The van der Waals surface area contributed by atoms with Gasteiger partial charge >= 0.3 is 0 Å². The van der Waals surface area contributed by atoms with Gasteiger partial charge < -0.3 is 14.0 Å². The second kappa shape index (κ2) is 8.62. The highest BCUT2D eigenvalue weighted by molar-refractivity contribution is 5.81. The van der Waals surface area contributed by atoms with Crippen molar-refractivity contribution >= 4 is 5.65 Å². The van der Waals surface area contributed by atoms with E-state index in [-0.39, 0.29) is 5.82 Å². The van der Waals surface area contributed by atoms with E-state index in [4.69, 9.17) is 19.6 Å². The Balaban J connectivity index is 1.53. The number of aryl methyl sites for hydroxylation is 2. The van der Waals surface area contributed by atoms with Gasteiger partial charge in [0.25, 0.3) is 0 Å². The molecule has 0 aliphatic rings. The lowest BCUT2D eigenvalue weighted by molar-refractivity contribution is 0.412. The molecule has 0 radical (unpaired) electrons.